The molecule has 3 nitrogen and oxygen atoms in total. The second-order valence-corrected chi connectivity index (χ2v) is 1.30. The van der Waals surface area contributed by atoms with Crippen molar-refractivity contribution in [2.75, 3.05) is 0 Å². The van der Waals surface area contributed by atoms with E-state index >= 15 is 0 Å². The molecule has 0 bridgehead atoms. The van der Waals surface area contributed by atoms with Gasteiger partial charge in [0.25, 0.3) is 0 Å². The van der Waals surface area contributed by atoms with Gasteiger partial charge in [0.05, 0.1) is 0 Å². The van der Waals surface area contributed by atoms with E-state index in [1.54, 1.807) is 0 Å². The topological polar surface area (TPSA) is 49.7 Å². The molecule has 0 saturated heterocycles. The van der Waals surface area contributed by atoms with Crippen LogP contribution in [0.3, 0.4) is 0 Å². The molecule has 0 unspecified atom stereocenters. The van der Waals surface area contributed by atoms with Gasteiger partial charge in [-0.2, -0.15) is 0 Å². The van der Waals surface area contributed by atoms with Crippen LogP contribution in [0.15, 0.2) is 4.30 Å². The van der Waals surface area contributed by atoms with Crippen LogP contribution in [0, 0.1) is 0 Å². The summed E-state index contributed by atoms with van der Waals surface area (Å²) in [7, 11) is 1.05. The van der Waals surface area contributed by atoms with Gasteiger partial charge in [0.15, 0.2) is 0 Å². The van der Waals surface area contributed by atoms with Gasteiger partial charge < -0.3 is 0 Å². The minimum atomic E-state index is -0.165. The molecule has 38 valence electrons. The third-order valence-electron chi connectivity index (χ3n) is 0.282. The third-order valence-corrected chi connectivity index (χ3v) is 0.481. The first-order valence-corrected chi connectivity index (χ1v) is 2.35. The van der Waals surface area contributed by atoms with Gasteiger partial charge in [0.2, 0.25) is 0 Å². The summed E-state index contributed by atoms with van der Waals surface area (Å²) in [4.78, 5) is 9.93. The van der Waals surface area contributed by atoms with Gasteiger partial charge in [-0.05, 0) is 0 Å². The number of rotatable bonds is 2. The molecule has 0 heterocycles. The maximum absolute atomic E-state index is 9.93. The maximum atomic E-state index is 9.93. The first-order chi connectivity index (χ1) is 3.27. The Morgan fingerprint density at radius 2 is 2.57 bits per heavy atom. The van der Waals surface area contributed by atoms with Crippen LogP contribution < -0.4 is 0 Å². The van der Waals surface area contributed by atoms with Gasteiger partial charge in [-0.15, -0.1) is 0 Å². The van der Waals surface area contributed by atoms with Crippen molar-refractivity contribution in [1.29, 1.82) is 0 Å². The molecule has 1 N–H and O–H groups in total. The van der Waals surface area contributed by atoms with E-state index in [9.17, 15) is 4.79 Å². The van der Waals surface area contributed by atoms with Crippen LogP contribution in [0.25, 0.3) is 0 Å². The van der Waals surface area contributed by atoms with Crippen LogP contribution >= 0.6 is 12.2 Å². The Hall–Kier alpha value is -0.155. The predicted molar refractivity (Wildman–Crippen MR) is 29.1 cm³/mol. The number of nitrogens with zero attached hydrogens (tertiary/aromatic N) is 1. The van der Waals surface area contributed by atoms with Gasteiger partial charge in [-0.3, -0.25) is 0 Å². The Kier molecular flexibility index (Phi) is 3.93. The molecule has 0 aliphatic carbocycles. The quantitative estimate of drug-likeness (QED) is 0.326. The molecule has 0 fully saturated rings. The summed E-state index contributed by atoms with van der Waals surface area (Å²) in [5, 5.41) is 0. The molecule has 7 heavy (non-hydrogen) atoms. The number of hydrogen-bond donors (Lipinski definition) is 1. The van der Waals surface area contributed by atoms with Crippen LogP contribution in [-0.4, -0.2) is 17.3 Å². The van der Waals surface area contributed by atoms with Gasteiger partial charge in [0.1, 0.15) is 0 Å². The molecule has 0 radical (unpaired) electrons. The Bertz CT molecular complexity index is 93.7. The summed E-state index contributed by atoms with van der Waals surface area (Å²) in [6.45, 7) is 1.36. The van der Waals surface area contributed by atoms with E-state index in [2.05, 4.69) is 4.30 Å². The van der Waals surface area contributed by atoms with Gasteiger partial charge in [-0.25, -0.2) is 0 Å². The van der Waals surface area contributed by atoms with Crippen LogP contribution in [-0.2, 0) is 4.79 Å². The molecule has 0 atom stereocenters. The van der Waals surface area contributed by atoms with Gasteiger partial charge in [-0.1, -0.05) is 0 Å². The van der Waals surface area contributed by atoms with Crippen molar-refractivity contribution in [3.63, 3.8) is 0 Å². The summed E-state index contributed by atoms with van der Waals surface area (Å²) in [6.07, 6.45) is 0. The summed E-state index contributed by atoms with van der Waals surface area (Å²) in [5.41, 5.74) is -0.165. The van der Waals surface area contributed by atoms with E-state index in [0.29, 0.717) is 0 Å². The Morgan fingerprint density at radius 3 is 2.71 bits per heavy atom. The average molecular weight is 117 g/mol. The second kappa shape index (κ2) is 4.02. The fourth-order valence-corrected chi connectivity index (χ4v) is 0.293. The summed E-state index contributed by atoms with van der Waals surface area (Å²) < 4.78 is 11.1. The van der Waals surface area contributed by atoms with Crippen molar-refractivity contribution >= 4 is 25.0 Å². The number of hydrogen-bond acceptors (Lipinski definition) is 4. The molecule has 0 spiro atoms. The molecular weight excluding hydrogens is 113 g/mol. The zero-order valence-electron chi connectivity index (χ0n) is 3.79. The first-order valence-electron chi connectivity index (χ1n) is 1.62. The fourth-order valence-electron chi connectivity index (χ4n) is 0.0978. The van der Waals surface area contributed by atoms with E-state index in [1.807, 2.05) is 0 Å². The molecule has 0 aliphatic heterocycles. The van der Waals surface area contributed by atoms with Crippen molar-refractivity contribution in [2.45, 2.75) is 6.92 Å². The van der Waals surface area contributed by atoms with E-state index in [1.165, 1.54) is 6.92 Å². The molecular formula is C2H4BNO2S. The first kappa shape index (κ1) is 6.84. The van der Waals surface area contributed by atoms with Gasteiger partial charge >= 0.3 is 45.6 Å². The van der Waals surface area contributed by atoms with Crippen molar-refractivity contribution < 1.29 is 9.35 Å². The molecule has 0 aromatic heterocycles. The summed E-state index contributed by atoms with van der Waals surface area (Å²) >= 11 is 0.279. The van der Waals surface area contributed by atoms with Crippen molar-refractivity contribution in [3.8, 4) is 0 Å². The van der Waals surface area contributed by atoms with E-state index < -0.39 is 0 Å². The van der Waals surface area contributed by atoms with Crippen LogP contribution in [0.1, 0.15) is 6.92 Å². The Labute approximate surface area is 46.4 Å². The fraction of sp³-hybridized carbons (Fsp3) is 0.500. The van der Waals surface area contributed by atoms with Crippen LogP contribution in [0.2, 0.25) is 0 Å². The molecule has 0 rings (SSSR count). The number of carbonyl (C=O) groups is 1. The Balaban J connectivity index is 3.26. The van der Waals surface area contributed by atoms with Crippen LogP contribution in [0.4, 0.5) is 0 Å². The second-order valence-electron chi connectivity index (χ2n) is 0.927. The molecule has 0 aromatic carbocycles. The normalized spacial score (nSPS) is 8.86. The van der Waals surface area contributed by atoms with Crippen LogP contribution in [0.5, 0.6) is 0 Å². The van der Waals surface area contributed by atoms with Crippen molar-refractivity contribution in [1.82, 2.24) is 0 Å². The molecule has 5 heteroatoms. The molecule has 0 amide bonds. The molecule has 0 aliphatic rings. The van der Waals surface area contributed by atoms with Gasteiger partial charge in [0, 0.05) is 0 Å². The number of carbonyl (C=O) groups excluding carboxylic acids is 1. The SMILES string of the molecule is CC(=O)B=NSO. The minimum absolute atomic E-state index is 0.165. The van der Waals surface area contributed by atoms with E-state index in [0.717, 1.165) is 7.07 Å². The van der Waals surface area contributed by atoms with Crippen molar-refractivity contribution in [2.24, 2.45) is 4.30 Å². The predicted octanol–water partition coefficient (Wildman–Crippen LogP) is 0.542. The molecule has 0 saturated carbocycles. The zero-order valence-corrected chi connectivity index (χ0v) is 4.60. The van der Waals surface area contributed by atoms with E-state index in [-0.39, 0.29) is 17.9 Å². The zero-order chi connectivity index (χ0) is 5.70. The summed E-state index contributed by atoms with van der Waals surface area (Å²) in [5.74, 6) is 0. The average Bonchev–Trinajstić information content (AvgIpc) is 1.61. The third kappa shape index (κ3) is 5.84. The van der Waals surface area contributed by atoms with E-state index in [4.69, 9.17) is 4.55 Å². The summed E-state index contributed by atoms with van der Waals surface area (Å²) in [6, 6.07) is 0. The Morgan fingerprint density at radius 1 is 2.00 bits per heavy atom. The standard InChI is InChI=1S/C2H4BNO2S/c1-2(5)3-4-7-6/h6H,1H3. The monoisotopic (exact) mass is 117 g/mol. The molecule has 0 aromatic rings. The van der Waals surface area contributed by atoms with Crippen molar-refractivity contribution in [3.05, 3.63) is 0 Å².